The Hall–Kier alpha value is -2.01. The average molecular weight is 273 g/mol. The Morgan fingerprint density at radius 2 is 2.15 bits per heavy atom. The summed E-state index contributed by atoms with van der Waals surface area (Å²) in [6.07, 6.45) is 2.33. The monoisotopic (exact) mass is 273 g/mol. The second kappa shape index (κ2) is 4.83. The number of nitrogens with zero attached hydrogens (tertiary/aromatic N) is 1. The average Bonchev–Trinajstić information content (AvgIpc) is 2.40. The second-order valence-electron chi connectivity index (χ2n) is 5.33. The molecule has 5 heteroatoms. The van der Waals surface area contributed by atoms with E-state index in [1.165, 1.54) is 0 Å². The van der Waals surface area contributed by atoms with E-state index in [1.807, 2.05) is 18.2 Å². The number of ether oxygens (including phenoxy) is 1. The van der Waals surface area contributed by atoms with E-state index in [-0.39, 0.29) is 17.7 Å². The first-order valence-corrected chi connectivity index (χ1v) is 6.79. The molecule has 1 fully saturated rings. The fraction of sp³-hybridized carbons (Fsp3) is 0.400. The van der Waals surface area contributed by atoms with Crippen molar-refractivity contribution < 1.29 is 4.74 Å². The van der Waals surface area contributed by atoms with E-state index < -0.39 is 0 Å². The van der Waals surface area contributed by atoms with Gasteiger partial charge < -0.3 is 20.4 Å². The smallest absolute Gasteiger partial charge is 0.252 e. The summed E-state index contributed by atoms with van der Waals surface area (Å²) < 4.78 is 7.02. The summed E-state index contributed by atoms with van der Waals surface area (Å²) in [4.78, 5) is 12.0. The van der Waals surface area contributed by atoms with E-state index in [9.17, 15) is 4.79 Å². The highest BCUT2D eigenvalue weighted by Gasteiger charge is 2.31. The molecule has 2 atom stereocenters. The molecule has 0 saturated heterocycles. The van der Waals surface area contributed by atoms with Gasteiger partial charge in [-0.15, -0.1) is 0 Å². The molecule has 0 unspecified atom stereocenters. The Morgan fingerprint density at radius 1 is 1.35 bits per heavy atom. The Kier molecular flexibility index (Phi) is 3.14. The number of nitrogens with one attached hydrogen (secondary N) is 1. The molecule has 0 amide bonds. The lowest BCUT2D eigenvalue weighted by Gasteiger charge is -2.36. The number of fused-ring (bicyclic) bond motifs is 1. The molecule has 0 aliphatic heterocycles. The summed E-state index contributed by atoms with van der Waals surface area (Å²) in [6.45, 7) is 0. The highest BCUT2D eigenvalue weighted by molar-refractivity contribution is 5.93. The predicted molar refractivity (Wildman–Crippen MR) is 81.0 cm³/mol. The fourth-order valence-electron chi connectivity index (χ4n) is 2.71. The SMILES string of the molecule is CO[C@@H]1CC[C@H]1Nc1cc(=O)n(C)c2ccc(N)cc12. The van der Waals surface area contributed by atoms with Crippen molar-refractivity contribution >= 4 is 22.3 Å². The fourth-order valence-corrected chi connectivity index (χ4v) is 2.71. The van der Waals surface area contributed by atoms with Crippen molar-refractivity contribution in [2.45, 2.75) is 25.0 Å². The molecule has 1 saturated carbocycles. The van der Waals surface area contributed by atoms with Gasteiger partial charge in [-0.05, 0) is 31.0 Å². The molecule has 1 aliphatic rings. The van der Waals surface area contributed by atoms with Crippen LogP contribution in [0.3, 0.4) is 0 Å². The minimum atomic E-state index is -0.0296. The van der Waals surface area contributed by atoms with Gasteiger partial charge in [0.1, 0.15) is 0 Å². The van der Waals surface area contributed by atoms with Crippen LogP contribution in [-0.2, 0) is 11.8 Å². The Balaban J connectivity index is 2.07. The van der Waals surface area contributed by atoms with Gasteiger partial charge in [-0.2, -0.15) is 0 Å². The van der Waals surface area contributed by atoms with Crippen LogP contribution in [-0.4, -0.2) is 23.8 Å². The first kappa shape index (κ1) is 13.0. The van der Waals surface area contributed by atoms with Crippen molar-refractivity contribution in [2.24, 2.45) is 7.05 Å². The minimum Gasteiger partial charge on any atom is -0.399 e. The summed E-state index contributed by atoms with van der Waals surface area (Å²) in [7, 11) is 3.49. The summed E-state index contributed by atoms with van der Waals surface area (Å²) >= 11 is 0. The van der Waals surface area contributed by atoms with Gasteiger partial charge in [-0.3, -0.25) is 4.79 Å². The number of hydrogen-bond donors (Lipinski definition) is 2. The van der Waals surface area contributed by atoms with Crippen LogP contribution >= 0.6 is 0 Å². The first-order chi connectivity index (χ1) is 9.60. The van der Waals surface area contributed by atoms with Crippen molar-refractivity contribution in [3.05, 3.63) is 34.6 Å². The van der Waals surface area contributed by atoms with E-state index >= 15 is 0 Å². The van der Waals surface area contributed by atoms with E-state index in [1.54, 1.807) is 24.8 Å². The molecule has 0 bridgehead atoms. The lowest BCUT2D eigenvalue weighted by Crippen LogP contribution is -2.44. The van der Waals surface area contributed by atoms with Crippen LogP contribution in [0.25, 0.3) is 10.9 Å². The third-order valence-corrected chi connectivity index (χ3v) is 4.13. The lowest BCUT2D eigenvalue weighted by molar-refractivity contribution is 0.0287. The van der Waals surface area contributed by atoms with Crippen molar-refractivity contribution in [1.82, 2.24) is 4.57 Å². The molecular formula is C15H19N3O2. The third kappa shape index (κ3) is 2.04. The molecule has 0 radical (unpaired) electrons. The quantitative estimate of drug-likeness (QED) is 0.835. The number of pyridine rings is 1. The highest BCUT2D eigenvalue weighted by atomic mass is 16.5. The number of aryl methyl sites for hydroxylation is 1. The van der Waals surface area contributed by atoms with Crippen LogP contribution in [0.1, 0.15) is 12.8 Å². The summed E-state index contributed by atoms with van der Waals surface area (Å²) in [5.41, 5.74) is 8.25. The molecular weight excluding hydrogens is 254 g/mol. The first-order valence-electron chi connectivity index (χ1n) is 6.79. The number of hydrogen-bond acceptors (Lipinski definition) is 4. The van der Waals surface area contributed by atoms with E-state index in [0.717, 1.165) is 29.4 Å². The highest BCUT2D eigenvalue weighted by Crippen LogP contribution is 2.30. The van der Waals surface area contributed by atoms with Crippen LogP contribution < -0.4 is 16.6 Å². The molecule has 3 rings (SSSR count). The van der Waals surface area contributed by atoms with E-state index in [4.69, 9.17) is 10.5 Å². The summed E-state index contributed by atoms with van der Waals surface area (Å²) in [5, 5.41) is 4.39. The van der Waals surface area contributed by atoms with Crippen molar-refractivity contribution in [2.75, 3.05) is 18.2 Å². The van der Waals surface area contributed by atoms with Gasteiger partial charge in [0, 0.05) is 37.0 Å². The lowest BCUT2D eigenvalue weighted by atomic mass is 9.88. The zero-order valence-electron chi connectivity index (χ0n) is 11.7. The number of nitrogen functional groups attached to an aromatic ring is 1. The van der Waals surface area contributed by atoms with Crippen molar-refractivity contribution in [1.29, 1.82) is 0 Å². The molecule has 20 heavy (non-hydrogen) atoms. The number of rotatable bonds is 3. The Bertz CT molecular complexity index is 706. The van der Waals surface area contributed by atoms with Gasteiger partial charge in [0.05, 0.1) is 17.7 Å². The normalized spacial score (nSPS) is 21.7. The molecule has 0 spiro atoms. The van der Waals surface area contributed by atoms with Crippen LogP contribution in [0.5, 0.6) is 0 Å². The van der Waals surface area contributed by atoms with Gasteiger partial charge in [0.2, 0.25) is 0 Å². The zero-order chi connectivity index (χ0) is 14.3. The number of benzene rings is 1. The predicted octanol–water partition coefficient (Wildman–Crippen LogP) is 1.71. The number of methoxy groups -OCH3 is 1. The maximum absolute atomic E-state index is 12.0. The molecule has 5 nitrogen and oxygen atoms in total. The molecule has 2 aromatic rings. The standard InChI is InChI=1S/C15H19N3O2/c1-18-13-5-3-9(16)7-10(13)12(8-15(18)19)17-11-4-6-14(11)20-2/h3,5,7-8,11,14,17H,4,6,16H2,1-2H3/t11-,14-/m1/s1. The van der Waals surface area contributed by atoms with Crippen LogP contribution in [0.15, 0.2) is 29.1 Å². The van der Waals surface area contributed by atoms with Crippen molar-refractivity contribution in [3.63, 3.8) is 0 Å². The molecule has 1 aliphatic carbocycles. The van der Waals surface area contributed by atoms with Crippen LogP contribution in [0.4, 0.5) is 11.4 Å². The zero-order valence-corrected chi connectivity index (χ0v) is 11.7. The van der Waals surface area contributed by atoms with E-state index in [2.05, 4.69) is 5.32 Å². The summed E-state index contributed by atoms with van der Waals surface area (Å²) in [5.74, 6) is 0. The number of aromatic nitrogens is 1. The molecule has 3 N–H and O–H groups in total. The Labute approximate surface area is 117 Å². The van der Waals surface area contributed by atoms with Crippen LogP contribution in [0, 0.1) is 0 Å². The topological polar surface area (TPSA) is 69.3 Å². The van der Waals surface area contributed by atoms with Gasteiger partial charge in [0.25, 0.3) is 5.56 Å². The minimum absolute atomic E-state index is 0.0296. The summed E-state index contributed by atoms with van der Waals surface area (Å²) in [6, 6.07) is 7.49. The molecule has 1 aromatic heterocycles. The van der Waals surface area contributed by atoms with E-state index in [0.29, 0.717) is 5.69 Å². The molecule has 1 aromatic carbocycles. The third-order valence-electron chi connectivity index (χ3n) is 4.13. The Morgan fingerprint density at radius 3 is 2.80 bits per heavy atom. The van der Waals surface area contributed by atoms with Crippen LogP contribution in [0.2, 0.25) is 0 Å². The second-order valence-corrected chi connectivity index (χ2v) is 5.33. The molecule has 106 valence electrons. The van der Waals surface area contributed by atoms with Gasteiger partial charge >= 0.3 is 0 Å². The van der Waals surface area contributed by atoms with Gasteiger partial charge in [0.15, 0.2) is 0 Å². The van der Waals surface area contributed by atoms with Crippen molar-refractivity contribution in [3.8, 4) is 0 Å². The maximum Gasteiger partial charge on any atom is 0.252 e. The number of anilines is 2. The largest absolute Gasteiger partial charge is 0.399 e. The van der Waals surface area contributed by atoms with Gasteiger partial charge in [-0.25, -0.2) is 0 Å². The number of nitrogens with two attached hydrogens (primary N) is 1. The van der Waals surface area contributed by atoms with Gasteiger partial charge in [-0.1, -0.05) is 0 Å². The maximum atomic E-state index is 12.0. The molecule has 1 heterocycles.